The van der Waals surface area contributed by atoms with E-state index in [9.17, 15) is 19.5 Å². The number of amidine groups is 1. The van der Waals surface area contributed by atoms with Crippen molar-refractivity contribution in [2.24, 2.45) is 17.6 Å². The van der Waals surface area contributed by atoms with E-state index in [0.29, 0.717) is 31.1 Å². The number of aromatic hydroxyl groups is 1. The number of hydrogen-bond donors (Lipinski definition) is 3. The first-order valence-corrected chi connectivity index (χ1v) is 12.6. The van der Waals surface area contributed by atoms with Crippen molar-refractivity contribution in [3.63, 3.8) is 0 Å². The Balaban J connectivity index is 1.52. The van der Waals surface area contributed by atoms with Crippen molar-refractivity contribution in [1.29, 1.82) is 5.41 Å². The van der Waals surface area contributed by atoms with Crippen molar-refractivity contribution in [2.75, 3.05) is 14.1 Å². The molecule has 2 unspecified atom stereocenters. The fourth-order valence-electron chi connectivity index (χ4n) is 6.09. The second-order valence-corrected chi connectivity index (χ2v) is 10.4. The molecule has 2 atom stereocenters. The van der Waals surface area contributed by atoms with Gasteiger partial charge >= 0.3 is 11.7 Å². The zero-order valence-corrected chi connectivity index (χ0v) is 20.5. The molecule has 0 bridgehead atoms. The molecule has 0 spiro atoms. The molecule has 3 fully saturated rings. The van der Waals surface area contributed by atoms with Crippen LogP contribution >= 0.6 is 0 Å². The number of rotatable bonds is 8. The third-order valence-corrected chi connectivity index (χ3v) is 8.16. The number of unbranched alkanes of at least 4 members (excludes halogenated alkanes) is 1. The first-order chi connectivity index (χ1) is 16.2. The molecule has 0 radical (unpaired) electrons. The van der Waals surface area contributed by atoms with E-state index < -0.39 is 23.0 Å². The van der Waals surface area contributed by atoms with Crippen LogP contribution in [0, 0.1) is 17.2 Å². The number of hydrogen-bond acceptors (Lipinski definition) is 5. The Morgan fingerprint density at radius 1 is 1.06 bits per heavy atom. The Labute approximate surface area is 199 Å². The highest BCUT2D eigenvalue weighted by molar-refractivity contribution is 5.96. The quantitative estimate of drug-likeness (QED) is 0.391. The highest BCUT2D eigenvalue weighted by Gasteiger charge is 2.49. The molecule has 4 N–H and O–H groups in total. The van der Waals surface area contributed by atoms with Crippen molar-refractivity contribution in [2.45, 2.75) is 89.4 Å². The van der Waals surface area contributed by atoms with Gasteiger partial charge in [-0.25, -0.2) is 9.59 Å². The molecular formula is C24H38N6O4. The van der Waals surface area contributed by atoms with Gasteiger partial charge in [0.2, 0.25) is 5.88 Å². The Bertz CT molecular complexity index is 1070. The van der Waals surface area contributed by atoms with Gasteiger partial charge in [-0.3, -0.25) is 19.3 Å². The van der Waals surface area contributed by atoms with E-state index >= 15 is 0 Å². The van der Waals surface area contributed by atoms with E-state index in [-0.39, 0.29) is 36.3 Å². The molecule has 3 aliphatic rings. The Kier molecular flexibility index (Phi) is 6.78. The van der Waals surface area contributed by atoms with Crippen LogP contribution in [-0.4, -0.2) is 62.1 Å². The lowest BCUT2D eigenvalue weighted by molar-refractivity contribution is 0.183. The number of nitrogen functional groups attached to an aromatic ring is 1. The molecule has 2 heterocycles. The van der Waals surface area contributed by atoms with Gasteiger partial charge in [-0.15, -0.1) is 0 Å². The summed E-state index contributed by atoms with van der Waals surface area (Å²) in [5.41, 5.74) is 4.11. The van der Waals surface area contributed by atoms with Crippen LogP contribution in [-0.2, 0) is 6.54 Å². The Hall–Kier alpha value is -2.78. The number of nitrogens with one attached hydrogen (secondary N) is 1. The molecule has 0 aromatic carbocycles. The monoisotopic (exact) mass is 474 g/mol. The minimum atomic E-state index is -0.678. The largest absolute Gasteiger partial charge is 0.494 e. The number of amides is 2. The number of nitrogens with two attached hydrogens (primary N) is 1. The van der Waals surface area contributed by atoms with Crippen molar-refractivity contribution in [3.05, 3.63) is 26.4 Å². The SMILES string of the molecule is CCCCn1c(O)c(C(=N)N)c(=O)n(C2CCC(CC3C(C4CC4)N(C)C(=O)N3C)CC2)c1=O. The lowest BCUT2D eigenvalue weighted by Gasteiger charge is -2.34. The molecule has 1 aromatic rings. The molecule has 1 aliphatic heterocycles. The zero-order chi connectivity index (χ0) is 24.7. The first-order valence-electron chi connectivity index (χ1n) is 12.6. The van der Waals surface area contributed by atoms with Crippen LogP contribution in [0.1, 0.15) is 76.3 Å². The molecular weight excluding hydrogens is 436 g/mol. The fourth-order valence-corrected chi connectivity index (χ4v) is 6.09. The van der Waals surface area contributed by atoms with Crippen LogP contribution in [0.2, 0.25) is 0 Å². The zero-order valence-electron chi connectivity index (χ0n) is 20.5. The fraction of sp³-hybridized carbons (Fsp3) is 0.750. The van der Waals surface area contributed by atoms with Crippen LogP contribution in [0.3, 0.4) is 0 Å². The third kappa shape index (κ3) is 4.22. The second kappa shape index (κ2) is 9.46. The summed E-state index contributed by atoms with van der Waals surface area (Å²) in [4.78, 5) is 42.7. The van der Waals surface area contributed by atoms with Crippen LogP contribution in [0.5, 0.6) is 5.88 Å². The lowest BCUT2D eigenvalue weighted by Crippen LogP contribution is -2.46. The van der Waals surface area contributed by atoms with Gasteiger partial charge in [-0.05, 0) is 63.2 Å². The van der Waals surface area contributed by atoms with E-state index in [2.05, 4.69) is 0 Å². The maximum atomic E-state index is 13.2. The average molecular weight is 475 g/mol. The summed E-state index contributed by atoms with van der Waals surface area (Å²) < 4.78 is 2.40. The van der Waals surface area contributed by atoms with Gasteiger partial charge in [-0.2, -0.15) is 0 Å². The number of aromatic nitrogens is 2. The van der Waals surface area contributed by atoms with Gasteiger partial charge in [0.1, 0.15) is 11.4 Å². The molecule has 2 aliphatic carbocycles. The number of nitrogens with zero attached hydrogens (tertiary/aromatic N) is 4. The van der Waals surface area contributed by atoms with Crippen molar-refractivity contribution < 1.29 is 9.90 Å². The van der Waals surface area contributed by atoms with Gasteiger partial charge in [0.25, 0.3) is 5.56 Å². The smallest absolute Gasteiger partial charge is 0.334 e. The number of carbonyl (C=O) groups is 1. The van der Waals surface area contributed by atoms with Gasteiger partial charge in [0.15, 0.2) is 0 Å². The van der Waals surface area contributed by atoms with Crippen molar-refractivity contribution in [3.8, 4) is 5.88 Å². The van der Waals surface area contributed by atoms with Gasteiger partial charge in [-0.1, -0.05) is 13.3 Å². The van der Waals surface area contributed by atoms with Crippen molar-refractivity contribution in [1.82, 2.24) is 18.9 Å². The molecule has 10 nitrogen and oxygen atoms in total. The predicted octanol–water partition coefficient (Wildman–Crippen LogP) is 2.07. The molecule has 34 heavy (non-hydrogen) atoms. The summed E-state index contributed by atoms with van der Waals surface area (Å²) in [6.07, 6.45) is 7.86. The third-order valence-electron chi connectivity index (χ3n) is 8.16. The number of likely N-dealkylation sites (N-methyl/N-ethyl adjacent to an activating group) is 2. The predicted molar refractivity (Wildman–Crippen MR) is 129 cm³/mol. The van der Waals surface area contributed by atoms with Crippen LogP contribution in [0.4, 0.5) is 4.79 Å². The van der Waals surface area contributed by atoms with E-state index in [4.69, 9.17) is 11.1 Å². The lowest BCUT2D eigenvalue weighted by atomic mass is 9.80. The van der Waals surface area contributed by atoms with Gasteiger partial charge in [0.05, 0.1) is 12.1 Å². The van der Waals surface area contributed by atoms with E-state index in [1.165, 1.54) is 22.0 Å². The summed E-state index contributed by atoms with van der Waals surface area (Å²) in [5.74, 6) is -0.0153. The summed E-state index contributed by atoms with van der Waals surface area (Å²) in [6, 6.07) is 0.292. The van der Waals surface area contributed by atoms with Gasteiger partial charge in [0, 0.05) is 26.7 Å². The van der Waals surface area contributed by atoms with E-state index in [0.717, 1.165) is 25.7 Å². The number of urea groups is 1. The van der Waals surface area contributed by atoms with Crippen molar-refractivity contribution >= 4 is 11.9 Å². The first kappa shape index (κ1) is 24.3. The topological polar surface area (TPSA) is 138 Å². The van der Waals surface area contributed by atoms with E-state index in [1.807, 2.05) is 30.8 Å². The van der Waals surface area contributed by atoms with Gasteiger partial charge < -0.3 is 20.6 Å². The molecule has 2 amide bonds. The molecule has 1 saturated heterocycles. The van der Waals surface area contributed by atoms with Crippen LogP contribution in [0.25, 0.3) is 0 Å². The second-order valence-electron chi connectivity index (χ2n) is 10.4. The van der Waals surface area contributed by atoms with Crippen LogP contribution in [0.15, 0.2) is 9.59 Å². The molecule has 2 saturated carbocycles. The van der Waals surface area contributed by atoms with E-state index in [1.54, 1.807) is 0 Å². The Morgan fingerprint density at radius 2 is 1.71 bits per heavy atom. The number of carbonyl (C=O) groups excluding carboxylic acids is 1. The minimum absolute atomic E-state index is 0.0932. The highest BCUT2D eigenvalue weighted by atomic mass is 16.3. The molecule has 188 valence electrons. The summed E-state index contributed by atoms with van der Waals surface area (Å²) in [5, 5.41) is 18.3. The average Bonchev–Trinajstić information content (AvgIpc) is 3.60. The molecule has 10 heteroatoms. The highest BCUT2D eigenvalue weighted by Crippen LogP contribution is 2.44. The standard InChI is InChI=1S/C24H38N6O4/c1-4-5-12-29-21(31)18(20(25)26)22(32)30(24(29)34)16-10-6-14(7-11-16)13-17-19(15-8-9-15)28(3)23(33)27(17)2/h14-17,19,31H,4-13H2,1-3H3,(H3,25,26). The van der Waals surface area contributed by atoms with Crippen LogP contribution < -0.4 is 17.0 Å². The summed E-state index contributed by atoms with van der Waals surface area (Å²) in [7, 11) is 3.81. The summed E-state index contributed by atoms with van der Waals surface area (Å²) >= 11 is 0. The normalized spacial score (nSPS) is 27.4. The molecule has 1 aromatic heterocycles. The maximum Gasteiger partial charge on any atom is 0.334 e. The minimum Gasteiger partial charge on any atom is -0.494 e. The maximum absolute atomic E-state index is 13.2. The molecule has 4 rings (SSSR count). The summed E-state index contributed by atoms with van der Waals surface area (Å²) in [6.45, 7) is 2.25. The Morgan fingerprint density at radius 3 is 2.26 bits per heavy atom.